The van der Waals surface area contributed by atoms with E-state index in [0.717, 1.165) is 27.8 Å². The maximum Gasteiger partial charge on any atom is 0.0443 e. The second-order valence-corrected chi connectivity index (χ2v) is 16.0. The second-order valence-electron chi connectivity index (χ2n) is 16.0. The summed E-state index contributed by atoms with van der Waals surface area (Å²) in [7, 11) is 0. The highest BCUT2D eigenvalue weighted by molar-refractivity contribution is 6.25. The molecule has 0 aliphatic heterocycles. The summed E-state index contributed by atoms with van der Waals surface area (Å²) in [5.74, 6) is 8.86. The van der Waals surface area contributed by atoms with Crippen LogP contribution in [0.4, 0.5) is 0 Å². The molecule has 0 N–H and O–H groups in total. The fraction of sp³-hybridized carbons (Fsp3) is 0.163. The van der Waals surface area contributed by atoms with Crippen LogP contribution in [0.2, 0.25) is 0 Å². The number of aromatic nitrogens is 1. The summed E-state index contributed by atoms with van der Waals surface area (Å²) in [4.78, 5) is 4.81. The molecule has 0 amide bonds. The van der Waals surface area contributed by atoms with Gasteiger partial charge in [0, 0.05) is 29.1 Å². The Balaban J connectivity index is 1.24. The number of terminal acetylenes is 1. The van der Waals surface area contributed by atoms with Gasteiger partial charge in [0.25, 0.3) is 0 Å². The topological polar surface area (TPSA) is 12.9 Å². The first kappa shape index (κ1) is 30.2. The average molecular weight is 640 g/mol. The zero-order valence-corrected chi connectivity index (χ0v) is 29.4. The average Bonchev–Trinajstić information content (AvgIpc) is 3.10. The molecule has 9 rings (SSSR count). The van der Waals surface area contributed by atoms with Gasteiger partial charge in [-0.25, -0.2) is 0 Å². The number of benzene rings is 8. The molecule has 8 aromatic carbocycles. The Hall–Kier alpha value is -5.89. The van der Waals surface area contributed by atoms with E-state index in [4.69, 9.17) is 11.4 Å². The van der Waals surface area contributed by atoms with E-state index >= 15 is 0 Å². The minimum absolute atomic E-state index is 0.0808. The van der Waals surface area contributed by atoms with Gasteiger partial charge in [-0.2, -0.15) is 0 Å². The number of hydrogen-bond acceptors (Lipinski definition) is 1. The van der Waals surface area contributed by atoms with Crippen LogP contribution in [-0.2, 0) is 10.8 Å². The molecule has 1 heteroatoms. The standard InChI is InChI=1S/C49H37N/c1-8-9-10-41-42(37-19-29-11-15-33-23-39(48(2,3)4)24-34-16-12-30(20-37)44(29)46(33)34)27-50-28-43(41)38-21-31-13-17-35-25-40(49(5,6)7)26-36-18-14-32(22-38)45(31)47(35)36/h1,11-28H,2-7H3. The summed E-state index contributed by atoms with van der Waals surface area (Å²) in [6.45, 7) is 13.7. The molecular formula is C49H37N. The number of nitrogens with zero attached hydrogens (tertiary/aromatic N) is 1. The molecule has 1 heterocycles. The van der Waals surface area contributed by atoms with Gasteiger partial charge in [0.1, 0.15) is 0 Å². The third-order valence-electron chi connectivity index (χ3n) is 10.6. The van der Waals surface area contributed by atoms with E-state index in [1.165, 1.54) is 75.8 Å². The normalized spacial score (nSPS) is 12.4. The van der Waals surface area contributed by atoms with Gasteiger partial charge in [0.2, 0.25) is 0 Å². The van der Waals surface area contributed by atoms with Crippen molar-refractivity contribution in [1.29, 1.82) is 0 Å². The molecule has 9 aromatic rings. The molecule has 50 heavy (non-hydrogen) atoms. The summed E-state index contributed by atoms with van der Waals surface area (Å²) in [5, 5.41) is 15.2. The number of rotatable bonds is 2. The second kappa shape index (κ2) is 10.6. The number of pyridine rings is 1. The van der Waals surface area contributed by atoms with E-state index in [0.29, 0.717) is 0 Å². The minimum Gasteiger partial charge on any atom is -0.263 e. The Labute approximate surface area is 293 Å². The third kappa shape index (κ3) is 4.62. The third-order valence-corrected chi connectivity index (χ3v) is 10.6. The van der Waals surface area contributed by atoms with Gasteiger partial charge in [0.05, 0.1) is 0 Å². The Morgan fingerprint density at radius 3 is 1.04 bits per heavy atom. The van der Waals surface area contributed by atoms with E-state index in [9.17, 15) is 0 Å². The van der Waals surface area contributed by atoms with Crippen LogP contribution in [-0.4, -0.2) is 4.98 Å². The van der Waals surface area contributed by atoms with Crippen LogP contribution in [0.5, 0.6) is 0 Å². The SMILES string of the molecule is C#CC#Cc1c(-c2cc3ccc4cc(C(C)(C)C)cc5ccc(c2)c3c45)cncc1-c1cc2ccc3cc(C(C)(C)C)cc4ccc(c1)c2c34. The molecule has 0 unspecified atom stereocenters. The van der Waals surface area contributed by atoms with Crippen LogP contribution in [0.3, 0.4) is 0 Å². The molecule has 0 fully saturated rings. The highest BCUT2D eigenvalue weighted by atomic mass is 14.6. The first-order valence-electron chi connectivity index (χ1n) is 17.4. The van der Waals surface area contributed by atoms with Crippen LogP contribution in [0, 0.1) is 24.2 Å². The van der Waals surface area contributed by atoms with Crippen molar-refractivity contribution < 1.29 is 0 Å². The maximum absolute atomic E-state index is 5.73. The molecule has 1 nitrogen and oxygen atoms in total. The first-order valence-corrected chi connectivity index (χ1v) is 17.4. The van der Waals surface area contributed by atoms with Gasteiger partial charge in [-0.05, 0) is 134 Å². The molecule has 0 aliphatic carbocycles. The van der Waals surface area contributed by atoms with Crippen LogP contribution < -0.4 is 0 Å². The van der Waals surface area contributed by atoms with Crippen molar-refractivity contribution in [2.45, 2.75) is 52.4 Å². The molecule has 238 valence electrons. The summed E-state index contributed by atoms with van der Waals surface area (Å²) in [6, 6.07) is 36.7. The van der Waals surface area contributed by atoms with Crippen LogP contribution in [0.1, 0.15) is 58.2 Å². The van der Waals surface area contributed by atoms with Crippen LogP contribution >= 0.6 is 0 Å². The smallest absolute Gasteiger partial charge is 0.0443 e. The molecular weight excluding hydrogens is 603 g/mol. The zero-order valence-electron chi connectivity index (χ0n) is 29.4. The largest absolute Gasteiger partial charge is 0.263 e. The van der Waals surface area contributed by atoms with E-state index in [1.807, 2.05) is 12.4 Å². The Morgan fingerprint density at radius 2 is 0.760 bits per heavy atom. The van der Waals surface area contributed by atoms with Gasteiger partial charge in [-0.15, -0.1) is 6.42 Å². The van der Waals surface area contributed by atoms with Crippen molar-refractivity contribution in [3.05, 3.63) is 126 Å². The summed E-state index contributed by atoms with van der Waals surface area (Å²) >= 11 is 0. The maximum atomic E-state index is 5.73. The van der Waals surface area contributed by atoms with Crippen molar-refractivity contribution in [1.82, 2.24) is 4.98 Å². The number of hydrogen-bond donors (Lipinski definition) is 0. The molecule has 0 spiro atoms. The first-order chi connectivity index (χ1) is 24.0. The fourth-order valence-corrected chi connectivity index (χ4v) is 7.98. The lowest BCUT2D eigenvalue weighted by Crippen LogP contribution is -2.10. The summed E-state index contributed by atoms with van der Waals surface area (Å²) < 4.78 is 0. The van der Waals surface area contributed by atoms with Crippen molar-refractivity contribution >= 4 is 64.6 Å². The van der Waals surface area contributed by atoms with Gasteiger partial charge >= 0.3 is 0 Å². The van der Waals surface area contributed by atoms with Crippen molar-refractivity contribution in [2.24, 2.45) is 0 Å². The van der Waals surface area contributed by atoms with Crippen LogP contribution in [0.15, 0.2) is 109 Å². The quantitative estimate of drug-likeness (QED) is 0.135. The van der Waals surface area contributed by atoms with E-state index < -0.39 is 0 Å². The predicted octanol–water partition coefficient (Wildman–Crippen LogP) is 12.8. The Morgan fingerprint density at radius 1 is 0.460 bits per heavy atom. The highest BCUT2D eigenvalue weighted by Crippen LogP contribution is 2.43. The molecule has 1 aromatic heterocycles. The zero-order chi connectivity index (χ0) is 34.5. The van der Waals surface area contributed by atoms with E-state index in [1.54, 1.807) is 0 Å². The van der Waals surface area contributed by atoms with Gasteiger partial charge < -0.3 is 0 Å². The van der Waals surface area contributed by atoms with Crippen molar-refractivity contribution in [3.63, 3.8) is 0 Å². The minimum atomic E-state index is 0.0808. The van der Waals surface area contributed by atoms with E-state index in [2.05, 4.69) is 156 Å². The lowest BCUT2D eigenvalue weighted by molar-refractivity contribution is 0.591. The van der Waals surface area contributed by atoms with Crippen molar-refractivity contribution in [2.75, 3.05) is 0 Å². The molecule has 0 aliphatic rings. The summed E-state index contributed by atoms with van der Waals surface area (Å²) in [6.07, 6.45) is 9.60. The molecule has 0 bridgehead atoms. The van der Waals surface area contributed by atoms with Crippen molar-refractivity contribution in [3.8, 4) is 46.4 Å². The highest BCUT2D eigenvalue weighted by Gasteiger charge is 2.21. The Bertz CT molecular complexity index is 2620. The van der Waals surface area contributed by atoms with Gasteiger partial charge in [-0.3, -0.25) is 4.98 Å². The van der Waals surface area contributed by atoms with Gasteiger partial charge in [0.15, 0.2) is 0 Å². The Kier molecular flexibility index (Phi) is 6.37. The fourth-order valence-electron chi connectivity index (χ4n) is 7.98. The van der Waals surface area contributed by atoms with Gasteiger partial charge in [-0.1, -0.05) is 120 Å². The molecule has 0 atom stereocenters. The van der Waals surface area contributed by atoms with Crippen LogP contribution in [0.25, 0.3) is 86.9 Å². The van der Waals surface area contributed by atoms with E-state index in [-0.39, 0.29) is 10.8 Å². The molecule has 0 saturated heterocycles. The molecule has 0 saturated carbocycles. The lowest BCUT2D eigenvalue weighted by atomic mass is 9.82. The lowest BCUT2D eigenvalue weighted by Gasteiger charge is -2.22. The molecule has 0 radical (unpaired) electrons. The predicted molar refractivity (Wildman–Crippen MR) is 216 cm³/mol. The summed E-state index contributed by atoms with van der Waals surface area (Å²) in [5.41, 5.74) is 7.87. The monoisotopic (exact) mass is 639 g/mol.